The van der Waals surface area contributed by atoms with Crippen LogP contribution < -0.4 is 11.1 Å². The van der Waals surface area contributed by atoms with E-state index in [9.17, 15) is 4.79 Å². The molecule has 16 heavy (non-hydrogen) atoms. The first-order chi connectivity index (χ1) is 7.51. The molecule has 0 spiro atoms. The third-order valence-electron chi connectivity index (χ3n) is 3.02. The van der Waals surface area contributed by atoms with Gasteiger partial charge in [-0.3, -0.25) is 4.79 Å². The normalized spacial score (nSPS) is 19.2. The molecule has 0 bridgehead atoms. The van der Waals surface area contributed by atoms with Gasteiger partial charge in [0, 0.05) is 9.35 Å². The molecule has 0 radical (unpaired) electrons. The summed E-state index contributed by atoms with van der Waals surface area (Å²) in [5.41, 5.74) is 5.32. The minimum Gasteiger partial charge on any atom is -0.350 e. The van der Waals surface area contributed by atoms with Crippen molar-refractivity contribution < 1.29 is 4.79 Å². The van der Waals surface area contributed by atoms with Crippen molar-refractivity contribution in [1.82, 2.24) is 5.32 Å². The topological polar surface area (TPSA) is 55.1 Å². The Morgan fingerprint density at radius 2 is 2.44 bits per heavy atom. The Labute approximate surface area is 108 Å². The van der Waals surface area contributed by atoms with Crippen molar-refractivity contribution in [2.75, 3.05) is 0 Å². The van der Waals surface area contributed by atoms with Crippen molar-refractivity contribution >= 4 is 33.2 Å². The first kappa shape index (κ1) is 12.1. The number of halogens is 1. The van der Waals surface area contributed by atoms with E-state index in [1.807, 2.05) is 18.4 Å². The van der Waals surface area contributed by atoms with E-state index in [4.69, 9.17) is 5.73 Å². The van der Waals surface area contributed by atoms with Crippen LogP contribution in [0, 0.1) is 5.92 Å². The van der Waals surface area contributed by atoms with Gasteiger partial charge in [0.25, 0.3) is 0 Å². The molecule has 0 saturated heterocycles. The lowest BCUT2D eigenvalue weighted by Gasteiger charge is -2.22. The molecule has 1 saturated carbocycles. The zero-order valence-electron chi connectivity index (χ0n) is 9.13. The molecule has 1 atom stereocenters. The summed E-state index contributed by atoms with van der Waals surface area (Å²) in [6.45, 7) is 2.38. The van der Waals surface area contributed by atoms with Crippen molar-refractivity contribution in [3.05, 3.63) is 20.8 Å². The summed E-state index contributed by atoms with van der Waals surface area (Å²) in [7, 11) is 0. The molecular weight excluding hydrogens is 288 g/mol. The van der Waals surface area contributed by atoms with E-state index in [1.54, 1.807) is 11.3 Å². The Hall–Kier alpha value is -0.390. The number of thiophene rings is 1. The van der Waals surface area contributed by atoms with Crippen LogP contribution in [0.4, 0.5) is 0 Å². The predicted octanol–water partition coefficient (Wildman–Crippen LogP) is 2.25. The van der Waals surface area contributed by atoms with Crippen molar-refractivity contribution in [2.24, 2.45) is 11.7 Å². The smallest absolute Gasteiger partial charge is 0.240 e. The molecule has 88 valence electrons. The maximum atomic E-state index is 11.9. The molecule has 1 fully saturated rings. The zero-order chi connectivity index (χ0) is 11.8. The SMILES string of the molecule is CC(N)(C(=O)NCc1sccc1Br)C1CC1. The second kappa shape index (κ2) is 4.47. The van der Waals surface area contributed by atoms with Gasteiger partial charge in [-0.25, -0.2) is 0 Å². The summed E-state index contributed by atoms with van der Waals surface area (Å²) in [6, 6.07) is 1.98. The van der Waals surface area contributed by atoms with E-state index in [0.29, 0.717) is 12.5 Å². The Kier molecular flexibility index (Phi) is 3.37. The van der Waals surface area contributed by atoms with E-state index in [2.05, 4.69) is 21.2 Å². The van der Waals surface area contributed by atoms with Crippen LogP contribution in [-0.2, 0) is 11.3 Å². The summed E-state index contributed by atoms with van der Waals surface area (Å²) in [5, 5.41) is 4.90. The number of rotatable bonds is 4. The minimum atomic E-state index is -0.705. The fraction of sp³-hybridized carbons (Fsp3) is 0.545. The highest BCUT2D eigenvalue weighted by molar-refractivity contribution is 9.10. The fourth-order valence-electron chi connectivity index (χ4n) is 1.67. The summed E-state index contributed by atoms with van der Waals surface area (Å²) in [4.78, 5) is 13.0. The Morgan fingerprint density at radius 3 is 2.94 bits per heavy atom. The monoisotopic (exact) mass is 302 g/mol. The molecule has 0 aliphatic heterocycles. The zero-order valence-corrected chi connectivity index (χ0v) is 11.5. The third-order valence-corrected chi connectivity index (χ3v) is 4.94. The van der Waals surface area contributed by atoms with Gasteiger partial charge in [0.15, 0.2) is 0 Å². The van der Waals surface area contributed by atoms with Gasteiger partial charge in [0.2, 0.25) is 5.91 Å². The van der Waals surface area contributed by atoms with Crippen molar-refractivity contribution in [3.8, 4) is 0 Å². The molecule has 5 heteroatoms. The van der Waals surface area contributed by atoms with E-state index in [1.165, 1.54) is 0 Å². The van der Waals surface area contributed by atoms with Gasteiger partial charge in [-0.2, -0.15) is 0 Å². The van der Waals surface area contributed by atoms with Gasteiger partial charge in [-0.1, -0.05) is 0 Å². The van der Waals surface area contributed by atoms with Crippen LogP contribution in [0.1, 0.15) is 24.6 Å². The fourth-order valence-corrected chi connectivity index (χ4v) is 3.10. The summed E-state index contributed by atoms with van der Waals surface area (Å²) in [5.74, 6) is 0.314. The number of amides is 1. The molecule has 1 aliphatic rings. The van der Waals surface area contributed by atoms with Crippen molar-refractivity contribution in [1.29, 1.82) is 0 Å². The van der Waals surface area contributed by atoms with E-state index in [-0.39, 0.29) is 5.91 Å². The van der Waals surface area contributed by atoms with Crippen LogP contribution in [0.3, 0.4) is 0 Å². The molecule has 2 rings (SSSR count). The van der Waals surface area contributed by atoms with Gasteiger partial charge in [-0.15, -0.1) is 11.3 Å². The van der Waals surface area contributed by atoms with E-state index in [0.717, 1.165) is 22.2 Å². The molecule has 1 aromatic rings. The number of nitrogens with two attached hydrogens (primary N) is 1. The van der Waals surface area contributed by atoms with Crippen molar-refractivity contribution in [2.45, 2.75) is 31.8 Å². The molecule has 1 heterocycles. The maximum absolute atomic E-state index is 11.9. The quantitative estimate of drug-likeness (QED) is 0.896. The van der Waals surface area contributed by atoms with Gasteiger partial charge in [0.05, 0.1) is 12.1 Å². The Morgan fingerprint density at radius 1 is 1.75 bits per heavy atom. The molecule has 1 aromatic heterocycles. The van der Waals surface area contributed by atoms with Gasteiger partial charge in [-0.05, 0) is 53.1 Å². The standard InChI is InChI=1S/C11H15BrN2OS/c1-11(13,7-2-3-7)10(15)14-6-9-8(12)4-5-16-9/h4-5,7H,2-3,6,13H2,1H3,(H,14,15). The van der Waals surface area contributed by atoms with Gasteiger partial charge < -0.3 is 11.1 Å². The second-order valence-corrected chi connectivity index (χ2v) is 6.29. The predicted molar refractivity (Wildman–Crippen MR) is 69.2 cm³/mol. The Bertz CT molecular complexity index is 398. The largest absolute Gasteiger partial charge is 0.350 e. The summed E-state index contributed by atoms with van der Waals surface area (Å²) >= 11 is 5.06. The summed E-state index contributed by atoms with van der Waals surface area (Å²) < 4.78 is 1.04. The lowest BCUT2D eigenvalue weighted by Crippen LogP contribution is -2.53. The first-order valence-corrected chi connectivity index (χ1v) is 6.98. The average Bonchev–Trinajstić information content (AvgIpc) is 3.01. The average molecular weight is 303 g/mol. The Balaban J connectivity index is 1.91. The molecule has 3 nitrogen and oxygen atoms in total. The number of hydrogen-bond donors (Lipinski definition) is 2. The summed E-state index contributed by atoms with van der Waals surface area (Å²) in [6.07, 6.45) is 2.15. The molecule has 1 amide bonds. The molecule has 3 N–H and O–H groups in total. The van der Waals surface area contributed by atoms with Crippen LogP contribution in [0.5, 0.6) is 0 Å². The van der Waals surface area contributed by atoms with Crippen LogP contribution in [0.2, 0.25) is 0 Å². The highest BCUT2D eigenvalue weighted by atomic mass is 79.9. The molecule has 1 unspecified atom stereocenters. The number of hydrogen-bond acceptors (Lipinski definition) is 3. The maximum Gasteiger partial charge on any atom is 0.240 e. The molecular formula is C11H15BrN2OS. The van der Waals surface area contributed by atoms with Gasteiger partial charge >= 0.3 is 0 Å². The van der Waals surface area contributed by atoms with Gasteiger partial charge in [0.1, 0.15) is 0 Å². The van der Waals surface area contributed by atoms with Crippen LogP contribution >= 0.6 is 27.3 Å². The highest BCUT2D eigenvalue weighted by Gasteiger charge is 2.43. The van der Waals surface area contributed by atoms with Crippen molar-refractivity contribution in [3.63, 3.8) is 0 Å². The number of carbonyl (C=O) groups is 1. The molecule has 0 aromatic carbocycles. The molecule has 1 aliphatic carbocycles. The first-order valence-electron chi connectivity index (χ1n) is 5.31. The third kappa shape index (κ3) is 2.47. The van der Waals surface area contributed by atoms with E-state index >= 15 is 0 Å². The number of nitrogens with one attached hydrogen (secondary N) is 1. The van der Waals surface area contributed by atoms with Crippen LogP contribution in [-0.4, -0.2) is 11.4 Å². The van der Waals surface area contributed by atoms with Crippen LogP contribution in [0.25, 0.3) is 0 Å². The minimum absolute atomic E-state index is 0.0460. The van der Waals surface area contributed by atoms with Crippen LogP contribution in [0.15, 0.2) is 15.9 Å². The van der Waals surface area contributed by atoms with E-state index < -0.39 is 5.54 Å². The number of carbonyl (C=O) groups excluding carboxylic acids is 1. The highest BCUT2D eigenvalue weighted by Crippen LogP contribution is 2.38. The lowest BCUT2D eigenvalue weighted by atomic mass is 9.96. The second-order valence-electron chi connectivity index (χ2n) is 4.43. The lowest BCUT2D eigenvalue weighted by molar-refractivity contribution is -0.126.